The largest absolute Gasteiger partial charge is 0.392 e. The lowest BCUT2D eigenvalue weighted by atomic mass is 9.78. The van der Waals surface area contributed by atoms with Gasteiger partial charge in [0.25, 0.3) is 0 Å². The van der Waals surface area contributed by atoms with Gasteiger partial charge in [-0.05, 0) is 38.0 Å². The van der Waals surface area contributed by atoms with E-state index < -0.39 is 5.41 Å². The van der Waals surface area contributed by atoms with Crippen LogP contribution < -0.4 is 5.73 Å². The van der Waals surface area contributed by atoms with E-state index >= 15 is 0 Å². The van der Waals surface area contributed by atoms with Gasteiger partial charge in [0.1, 0.15) is 5.41 Å². The zero-order valence-electron chi connectivity index (χ0n) is 10.6. The molecule has 4 nitrogen and oxygen atoms in total. The van der Waals surface area contributed by atoms with Gasteiger partial charge in [-0.2, -0.15) is 0 Å². The van der Waals surface area contributed by atoms with Crippen molar-refractivity contribution in [3.8, 4) is 0 Å². The van der Waals surface area contributed by atoms with Crippen LogP contribution in [0.4, 0.5) is 0 Å². The molecule has 2 aliphatic heterocycles. The third-order valence-electron chi connectivity index (χ3n) is 4.90. The highest BCUT2D eigenvalue weighted by molar-refractivity contribution is 7.80. The van der Waals surface area contributed by atoms with Gasteiger partial charge in [0.2, 0.25) is 5.91 Å². The molecular weight excluding hydrogens is 248 g/mol. The van der Waals surface area contributed by atoms with E-state index in [4.69, 9.17) is 22.7 Å². The number of piperidine rings is 1. The maximum atomic E-state index is 12.9. The Kier molecular flexibility index (Phi) is 3.06. The molecule has 3 fully saturated rings. The van der Waals surface area contributed by atoms with Crippen LogP contribution in [0.2, 0.25) is 0 Å². The number of hydrogen-bond donors (Lipinski definition) is 1. The molecule has 5 heteroatoms. The molecule has 2 N–H and O–H groups in total. The van der Waals surface area contributed by atoms with Gasteiger partial charge in [0.15, 0.2) is 0 Å². The molecule has 18 heavy (non-hydrogen) atoms. The summed E-state index contributed by atoms with van der Waals surface area (Å²) in [4.78, 5) is 15.3. The predicted octanol–water partition coefficient (Wildman–Crippen LogP) is 1.08. The Hall–Kier alpha value is -0.680. The van der Waals surface area contributed by atoms with Crippen LogP contribution in [-0.4, -0.2) is 41.6 Å². The summed E-state index contributed by atoms with van der Waals surface area (Å²) in [5.41, 5.74) is 5.27. The number of carbonyl (C=O) groups excluding carboxylic acids is 1. The van der Waals surface area contributed by atoms with Crippen LogP contribution in [0.5, 0.6) is 0 Å². The Morgan fingerprint density at radius 1 is 1.33 bits per heavy atom. The van der Waals surface area contributed by atoms with Crippen molar-refractivity contribution < 1.29 is 9.53 Å². The minimum Gasteiger partial charge on any atom is -0.392 e. The summed E-state index contributed by atoms with van der Waals surface area (Å²) >= 11 is 5.20. The second-order valence-corrected chi connectivity index (χ2v) is 6.29. The molecule has 2 unspecified atom stereocenters. The van der Waals surface area contributed by atoms with E-state index in [9.17, 15) is 4.79 Å². The fourth-order valence-electron chi connectivity index (χ4n) is 3.73. The number of carbonyl (C=O) groups is 1. The highest BCUT2D eigenvalue weighted by Crippen LogP contribution is 2.42. The Bertz CT molecular complexity index is 379. The second-order valence-electron chi connectivity index (χ2n) is 5.85. The smallest absolute Gasteiger partial charge is 0.236 e. The highest BCUT2D eigenvalue weighted by atomic mass is 32.1. The van der Waals surface area contributed by atoms with E-state index in [2.05, 4.69) is 4.90 Å². The molecule has 2 saturated heterocycles. The number of amides is 1. The van der Waals surface area contributed by atoms with Gasteiger partial charge in [-0.3, -0.25) is 4.79 Å². The molecule has 0 aromatic heterocycles. The summed E-state index contributed by atoms with van der Waals surface area (Å²) < 4.78 is 5.36. The number of likely N-dealkylation sites (tertiary alicyclic amines) is 1. The van der Waals surface area contributed by atoms with Crippen LogP contribution in [0.15, 0.2) is 0 Å². The quantitative estimate of drug-likeness (QED) is 0.761. The lowest BCUT2D eigenvalue weighted by Gasteiger charge is -2.40. The van der Waals surface area contributed by atoms with Crippen molar-refractivity contribution in [1.29, 1.82) is 0 Å². The van der Waals surface area contributed by atoms with Crippen molar-refractivity contribution >= 4 is 23.1 Å². The van der Waals surface area contributed by atoms with Crippen LogP contribution in [-0.2, 0) is 9.53 Å². The summed E-state index contributed by atoms with van der Waals surface area (Å²) in [6, 6.07) is 0.441. The minimum absolute atomic E-state index is 0.172. The maximum absolute atomic E-state index is 12.9. The molecular formula is C13H20N2O2S. The van der Waals surface area contributed by atoms with Gasteiger partial charge >= 0.3 is 0 Å². The van der Waals surface area contributed by atoms with E-state index in [1.54, 1.807) is 0 Å². The number of hydrogen-bond acceptors (Lipinski definition) is 3. The van der Waals surface area contributed by atoms with E-state index in [0.29, 0.717) is 43.0 Å². The van der Waals surface area contributed by atoms with E-state index in [1.807, 2.05) is 0 Å². The van der Waals surface area contributed by atoms with Gasteiger partial charge in [-0.15, -0.1) is 0 Å². The Balaban J connectivity index is 1.82. The minimum atomic E-state index is -0.627. The summed E-state index contributed by atoms with van der Waals surface area (Å²) in [5, 5.41) is 0. The first kappa shape index (κ1) is 12.4. The Labute approximate surface area is 113 Å². The van der Waals surface area contributed by atoms with Crippen molar-refractivity contribution in [2.75, 3.05) is 19.8 Å². The van der Waals surface area contributed by atoms with Gasteiger partial charge in [-0.25, -0.2) is 0 Å². The molecule has 2 bridgehead atoms. The van der Waals surface area contributed by atoms with Crippen LogP contribution in [0.3, 0.4) is 0 Å². The third kappa shape index (κ3) is 1.75. The molecule has 0 radical (unpaired) electrons. The molecule has 1 amide bonds. The Morgan fingerprint density at radius 2 is 2.06 bits per heavy atom. The van der Waals surface area contributed by atoms with Gasteiger partial charge in [0, 0.05) is 25.8 Å². The standard InChI is InChI=1S/C13H20N2O2S/c14-11(18)13(3-5-17-6-4-13)12(16)15-8-9-1-2-10(15)7-9/h9-10H,1-8H2,(H2,14,18). The summed E-state index contributed by atoms with van der Waals surface area (Å²) in [5.74, 6) is 0.882. The average molecular weight is 268 g/mol. The van der Waals surface area contributed by atoms with Crippen LogP contribution in [0.1, 0.15) is 32.1 Å². The third-order valence-corrected chi connectivity index (χ3v) is 5.29. The molecule has 100 valence electrons. The fraction of sp³-hybridized carbons (Fsp3) is 0.846. The molecule has 2 heterocycles. The molecule has 1 saturated carbocycles. The zero-order valence-corrected chi connectivity index (χ0v) is 11.4. The van der Waals surface area contributed by atoms with Crippen molar-refractivity contribution in [3.63, 3.8) is 0 Å². The summed E-state index contributed by atoms with van der Waals surface area (Å²) in [6.45, 7) is 2.09. The number of fused-ring (bicyclic) bond motifs is 2. The lowest BCUT2D eigenvalue weighted by Crippen LogP contribution is -2.54. The number of nitrogens with zero attached hydrogens (tertiary/aromatic N) is 1. The zero-order chi connectivity index (χ0) is 12.8. The van der Waals surface area contributed by atoms with Crippen molar-refractivity contribution in [1.82, 2.24) is 4.90 Å². The van der Waals surface area contributed by atoms with E-state index in [1.165, 1.54) is 12.8 Å². The van der Waals surface area contributed by atoms with Crippen molar-refractivity contribution in [2.24, 2.45) is 17.1 Å². The normalized spacial score (nSPS) is 33.7. The number of nitrogens with two attached hydrogens (primary N) is 1. The summed E-state index contributed by atoms with van der Waals surface area (Å²) in [7, 11) is 0. The van der Waals surface area contributed by atoms with Crippen LogP contribution >= 0.6 is 12.2 Å². The SMILES string of the molecule is NC(=S)C1(C(=O)N2CC3CCC2C3)CCOCC1. The van der Waals surface area contributed by atoms with Crippen LogP contribution in [0.25, 0.3) is 0 Å². The Morgan fingerprint density at radius 3 is 2.56 bits per heavy atom. The lowest BCUT2D eigenvalue weighted by molar-refractivity contribution is -0.144. The predicted molar refractivity (Wildman–Crippen MR) is 72.1 cm³/mol. The van der Waals surface area contributed by atoms with Crippen molar-refractivity contribution in [2.45, 2.75) is 38.1 Å². The molecule has 0 spiro atoms. The first-order valence-electron chi connectivity index (χ1n) is 6.82. The van der Waals surface area contributed by atoms with Gasteiger partial charge < -0.3 is 15.4 Å². The maximum Gasteiger partial charge on any atom is 0.236 e. The fourth-order valence-corrected chi connectivity index (χ4v) is 4.03. The number of rotatable bonds is 2. The van der Waals surface area contributed by atoms with Crippen molar-refractivity contribution in [3.05, 3.63) is 0 Å². The molecule has 0 aromatic carbocycles. The molecule has 1 aliphatic carbocycles. The average Bonchev–Trinajstić information content (AvgIpc) is 3.00. The molecule has 3 aliphatic rings. The molecule has 0 aromatic rings. The van der Waals surface area contributed by atoms with Gasteiger partial charge in [0.05, 0.1) is 4.99 Å². The topological polar surface area (TPSA) is 55.6 Å². The van der Waals surface area contributed by atoms with Crippen LogP contribution in [0, 0.1) is 11.3 Å². The number of ether oxygens (including phenoxy) is 1. The molecule has 3 rings (SSSR count). The number of thiocarbonyl (C=S) groups is 1. The van der Waals surface area contributed by atoms with E-state index in [-0.39, 0.29) is 5.91 Å². The van der Waals surface area contributed by atoms with E-state index in [0.717, 1.165) is 13.0 Å². The molecule has 2 atom stereocenters. The monoisotopic (exact) mass is 268 g/mol. The summed E-state index contributed by atoms with van der Waals surface area (Å²) in [6.07, 6.45) is 4.90. The first-order valence-corrected chi connectivity index (χ1v) is 7.23. The highest BCUT2D eigenvalue weighted by Gasteiger charge is 2.50. The first-order chi connectivity index (χ1) is 8.63. The van der Waals surface area contributed by atoms with Gasteiger partial charge in [-0.1, -0.05) is 12.2 Å². The second kappa shape index (κ2) is 4.46.